The summed E-state index contributed by atoms with van der Waals surface area (Å²) in [5, 5.41) is 8.47. The van der Waals surface area contributed by atoms with Gasteiger partial charge in [-0.25, -0.2) is 9.67 Å². The highest BCUT2D eigenvalue weighted by molar-refractivity contribution is 7.22. The summed E-state index contributed by atoms with van der Waals surface area (Å²) < 4.78 is 2.21. The van der Waals surface area contributed by atoms with Crippen LogP contribution >= 0.6 is 11.3 Å². The molecule has 0 aliphatic heterocycles. The quantitative estimate of drug-likeness (QED) is 0.605. The highest BCUT2D eigenvalue weighted by Gasteiger charge is 2.17. The van der Waals surface area contributed by atoms with Gasteiger partial charge in [-0.2, -0.15) is 5.10 Å². The Labute approximate surface area is 153 Å². The Balaban J connectivity index is 1.74. The maximum Gasteiger partial charge on any atom is 0.278 e. The van der Waals surface area contributed by atoms with Crippen LogP contribution in [0.1, 0.15) is 23.0 Å². The average Bonchev–Trinajstić information content (AvgIpc) is 3.05. The van der Waals surface area contributed by atoms with Gasteiger partial charge in [0.25, 0.3) is 11.5 Å². The zero-order valence-electron chi connectivity index (χ0n) is 14.3. The van der Waals surface area contributed by atoms with Crippen molar-refractivity contribution >= 4 is 43.4 Å². The average molecular weight is 364 g/mol. The van der Waals surface area contributed by atoms with E-state index in [4.69, 9.17) is 0 Å². The Morgan fingerprint density at radius 3 is 2.73 bits per heavy atom. The number of nitrogens with zero attached hydrogens (tertiary/aromatic N) is 3. The molecule has 7 heteroatoms. The lowest BCUT2D eigenvalue weighted by Crippen LogP contribution is -2.25. The largest absolute Gasteiger partial charge is 0.296 e. The van der Waals surface area contributed by atoms with E-state index in [-0.39, 0.29) is 17.2 Å². The molecule has 2 aromatic heterocycles. The van der Waals surface area contributed by atoms with Crippen molar-refractivity contribution in [3.63, 3.8) is 0 Å². The van der Waals surface area contributed by atoms with E-state index in [9.17, 15) is 9.59 Å². The zero-order valence-corrected chi connectivity index (χ0v) is 15.1. The SMILES string of the molecule is CCc1ccc2nc(NC(=O)c3nn(C)c(=O)c4ccccc34)sc2c1. The number of fused-ring (bicyclic) bond motifs is 2. The van der Waals surface area contributed by atoms with E-state index in [1.54, 1.807) is 24.3 Å². The predicted octanol–water partition coefficient (Wildman–Crippen LogP) is 3.36. The molecule has 0 aliphatic rings. The molecule has 0 atom stereocenters. The molecule has 2 heterocycles. The summed E-state index contributed by atoms with van der Waals surface area (Å²) in [6.45, 7) is 2.10. The van der Waals surface area contributed by atoms with Crippen molar-refractivity contribution in [1.82, 2.24) is 14.8 Å². The monoisotopic (exact) mass is 364 g/mol. The number of amides is 1. The maximum atomic E-state index is 12.8. The molecule has 0 unspecified atom stereocenters. The molecule has 26 heavy (non-hydrogen) atoms. The van der Waals surface area contributed by atoms with Crippen LogP contribution in [0.3, 0.4) is 0 Å². The third kappa shape index (κ3) is 2.76. The van der Waals surface area contributed by atoms with E-state index in [1.807, 2.05) is 12.1 Å². The molecule has 4 aromatic rings. The van der Waals surface area contributed by atoms with Crippen LogP contribution in [0.25, 0.3) is 21.0 Å². The first-order valence-corrected chi connectivity index (χ1v) is 9.05. The smallest absolute Gasteiger partial charge is 0.278 e. The number of rotatable bonds is 3. The fourth-order valence-electron chi connectivity index (χ4n) is 2.87. The van der Waals surface area contributed by atoms with Crippen molar-refractivity contribution in [2.24, 2.45) is 7.05 Å². The minimum absolute atomic E-state index is 0.205. The van der Waals surface area contributed by atoms with Gasteiger partial charge in [0.1, 0.15) is 0 Å². The number of anilines is 1. The summed E-state index contributed by atoms with van der Waals surface area (Å²) in [5.41, 5.74) is 2.05. The molecular formula is C19H16N4O2S. The Bertz CT molecular complexity index is 1210. The number of thiazole rings is 1. The third-order valence-electron chi connectivity index (χ3n) is 4.25. The maximum absolute atomic E-state index is 12.8. The Hall–Kier alpha value is -3.06. The summed E-state index contributed by atoms with van der Waals surface area (Å²) in [7, 11) is 1.54. The molecule has 1 amide bonds. The fraction of sp³-hybridized carbons (Fsp3) is 0.158. The Morgan fingerprint density at radius 1 is 1.19 bits per heavy atom. The Kier molecular flexibility index (Phi) is 4.00. The van der Waals surface area contributed by atoms with Crippen LogP contribution in [0.2, 0.25) is 0 Å². The summed E-state index contributed by atoms with van der Waals surface area (Å²) in [6.07, 6.45) is 0.948. The number of aryl methyl sites for hydroxylation is 2. The number of benzene rings is 2. The Morgan fingerprint density at radius 2 is 1.96 bits per heavy atom. The van der Waals surface area contributed by atoms with Gasteiger partial charge >= 0.3 is 0 Å². The molecule has 0 fully saturated rings. The van der Waals surface area contributed by atoms with E-state index in [2.05, 4.69) is 28.4 Å². The van der Waals surface area contributed by atoms with Crippen LogP contribution in [0.15, 0.2) is 47.3 Å². The van der Waals surface area contributed by atoms with Crippen molar-refractivity contribution in [3.8, 4) is 0 Å². The normalized spacial score (nSPS) is 11.2. The molecular weight excluding hydrogens is 348 g/mol. The molecule has 0 radical (unpaired) electrons. The fourth-order valence-corrected chi connectivity index (χ4v) is 3.79. The van der Waals surface area contributed by atoms with Crippen LogP contribution in [-0.2, 0) is 13.5 Å². The second kappa shape index (κ2) is 6.34. The lowest BCUT2D eigenvalue weighted by Gasteiger charge is -2.07. The first kappa shape index (κ1) is 16.4. The zero-order chi connectivity index (χ0) is 18.3. The molecule has 6 nitrogen and oxygen atoms in total. The van der Waals surface area contributed by atoms with Gasteiger partial charge < -0.3 is 0 Å². The third-order valence-corrected chi connectivity index (χ3v) is 5.19. The second-order valence-electron chi connectivity index (χ2n) is 5.95. The number of nitrogens with one attached hydrogen (secondary N) is 1. The molecule has 1 N–H and O–H groups in total. The van der Waals surface area contributed by atoms with Crippen LogP contribution < -0.4 is 10.9 Å². The molecule has 0 saturated carbocycles. The first-order valence-electron chi connectivity index (χ1n) is 8.23. The molecule has 2 aromatic carbocycles. The van der Waals surface area contributed by atoms with Gasteiger partial charge in [0.15, 0.2) is 10.8 Å². The highest BCUT2D eigenvalue weighted by Crippen LogP contribution is 2.27. The van der Waals surface area contributed by atoms with Crippen molar-refractivity contribution in [2.45, 2.75) is 13.3 Å². The number of carbonyl (C=O) groups excluding carboxylic acids is 1. The number of carbonyl (C=O) groups is 1. The van der Waals surface area contributed by atoms with Crippen LogP contribution in [0.5, 0.6) is 0 Å². The van der Waals surface area contributed by atoms with Gasteiger partial charge in [-0.05, 0) is 30.2 Å². The summed E-state index contributed by atoms with van der Waals surface area (Å²) in [6, 6.07) is 13.1. The van der Waals surface area contributed by atoms with E-state index >= 15 is 0 Å². The molecule has 0 bridgehead atoms. The van der Waals surface area contributed by atoms with Gasteiger partial charge in [-0.15, -0.1) is 0 Å². The van der Waals surface area contributed by atoms with Crippen LogP contribution in [0, 0.1) is 0 Å². The molecule has 0 spiro atoms. The lowest BCUT2D eigenvalue weighted by atomic mass is 10.1. The second-order valence-corrected chi connectivity index (χ2v) is 6.98. The van der Waals surface area contributed by atoms with Gasteiger partial charge in [-0.3, -0.25) is 14.9 Å². The van der Waals surface area contributed by atoms with Crippen LogP contribution in [0.4, 0.5) is 5.13 Å². The van der Waals surface area contributed by atoms with E-state index in [1.165, 1.54) is 28.6 Å². The minimum atomic E-state index is -0.383. The molecule has 0 saturated heterocycles. The van der Waals surface area contributed by atoms with Gasteiger partial charge in [0.05, 0.1) is 15.6 Å². The minimum Gasteiger partial charge on any atom is -0.296 e. The van der Waals surface area contributed by atoms with Crippen molar-refractivity contribution in [1.29, 1.82) is 0 Å². The first-order chi connectivity index (χ1) is 12.6. The van der Waals surface area contributed by atoms with Crippen molar-refractivity contribution in [2.75, 3.05) is 5.32 Å². The number of hydrogen-bond acceptors (Lipinski definition) is 5. The highest BCUT2D eigenvalue weighted by atomic mass is 32.1. The van der Waals surface area contributed by atoms with Gasteiger partial charge in [0.2, 0.25) is 0 Å². The van der Waals surface area contributed by atoms with Crippen molar-refractivity contribution in [3.05, 3.63) is 64.1 Å². The standard InChI is InChI=1S/C19H16N4O2S/c1-3-11-8-9-14-15(10-11)26-19(20-14)21-17(24)16-12-6-4-5-7-13(12)18(25)23(2)22-16/h4-10H,3H2,1-2H3,(H,20,21,24). The molecule has 4 rings (SSSR count). The van der Waals surface area contributed by atoms with E-state index < -0.39 is 0 Å². The predicted molar refractivity (Wildman–Crippen MR) is 104 cm³/mol. The summed E-state index contributed by atoms with van der Waals surface area (Å²) in [4.78, 5) is 29.4. The number of aromatic nitrogens is 3. The van der Waals surface area contributed by atoms with Gasteiger partial charge in [-0.1, -0.05) is 42.5 Å². The summed E-state index contributed by atoms with van der Waals surface area (Å²) in [5.74, 6) is -0.383. The van der Waals surface area contributed by atoms with E-state index in [0.717, 1.165) is 16.6 Å². The van der Waals surface area contributed by atoms with E-state index in [0.29, 0.717) is 15.9 Å². The number of hydrogen-bond donors (Lipinski definition) is 1. The van der Waals surface area contributed by atoms with Gasteiger partial charge in [0, 0.05) is 12.4 Å². The summed E-state index contributed by atoms with van der Waals surface area (Å²) >= 11 is 1.42. The topological polar surface area (TPSA) is 76.9 Å². The lowest BCUT2D eigenvalue weighted by molar-refractivity contribution is 0.102. The van der Waals surface area contributed by atoms with Crippen LogP contribution in [-0.4, -0.2) is 20.7 Å². The molecule has 130 valence electrons. The molecule has 0 aliphatic carbocycles. The van der Waals surface area contributed by atoms with Crippen molar-refractivity contribution < 1.29 is 4.79 Å².